The smallest absolute Gasteiger partial charge is 0.231 e. The molecule has 110 valence electrons. The van der Waals surface area contributed by atoms with Crippen LogP contribution < -0.4 is 5.32 Å². The van der Waals surface area contributed by atoms with Crippen LogP contribution in [0.3, 0.4) is 0 Å². The van der Waals surface area contributed by atoms with Gasteiger partial charge in [0.05, 0.1) is 11.5 Å². The Kier molecular flexibility index (Phi) is 3.80. The molecule has 1 saturated carbocycles. The zero-order valence-electron chi connectivity index (χ0n) is 11.8. The van der Waals surface area contributed by atoms with Crippen molar-refractivity contribution in [2.24, 2.45) is 0 Å². The zero-order chi connectivity index (χ0) is 14.9. The van der Waals surface area contributed by atoms with Crippen LogP contribution in [-0.2, 0) is 10.2 Å². The lowest BCUT2D eigenvalue weighted by Gasteiger charge is -2.41. The van der Waals surface area contributed by atoms with Crippen LogP contribution in [-0.4, -0.2) is 21.1 Å². The SMILES string of the molecule is CC(NC(=O)C1(c2ccc(Br)cc2)CCC1)c1ncn[nH]1. The van der Waals surface area contributed by atoms with Crippen molar-refractivity contribution >= 4 is 21.8 Å². The highest BCUT2D eigenvalue weighted by Crippen LogP contribution is 2.44. The quantitative estimate of drug-likeness (QED) is 0.892. The van der Waals surface area contributed by atoms with Gasteiger partial charge in [0, 0.05) is 4.47 Å². The Labute approximate surface area is 131 Å². The number of carbonyl (C=O) groups is 1. The minimum absolute atomic E-state index is 0.0694. The van der Waals surface area contributed by atoms with E-state index in [1.54, 1.807) is 0 Å². The van der Waals surface area contributed by atoms with Gasteiger partial charge in [0.15, 0.2) is 0 Å². The van der Waals surface area contributed by atoms with Crippen molar-refractivity contribution in [1.29, 1.82) is 0 Å². The second kappa shape index (κ2) is 5.60. The molecular formula is C15H17BrN4O. The lowest BCUT2D eigenvalue weighted by Crippen LogP contribution is -2.49. The molecule has 0 bridgehead atoms. The molecule has 0 radical (unpaired) electrons. The Hall–Kier alpha value is -1.69. The number of benzene rings is 1. The summed E-state index contributed by atoms with van der Waals surface area (Å²) < 4.78 is 1.02. The largest absolute Gasteiger partial charge is 0.346 e. The molecule has 0 saturated heterocycles. The molecule has 1 aliphatic rings. The Morgan fingerprint density at radius 2 is 2.10 bits per heavy atom. The third kappa shape index (κ3) is 2.60. The molecule has 2 aromatic rings. The van der Waals surface area contributed by atoms with E-state index >= 15 is 0 Å². The van der Waals surface area contributed by atoms with E-state index in [9.17, 15) is 4.79 Å². The summed E-state index contributed by atoms with van der Waals surface area (Å²) in [5.41, 5.74) is 0.689. The summed E-state index contributed by atoms with van der Waals surface area (Å²) in [5, 5.41) is 9.67. The van der Waals surface area contributed by atoms with Crippen molar-refractivity contribution in [2.45, 2.75) is 37.6 Å². The van der Waals surface area contributed by atoms with Crippen molar-refractivity contribution in [3.63, 3.8) is 0 Å². The molecule has 1 fully saturated rings. The maximum absolute atomic E-state index is 12.8. The average molecular weight is 349 g/mol. The molecule has 2 N–H and O–H groups in total. The van der Waals surface area contributed by atoms with Crippen LogP contribution in [0.2, 0.25) is 0 Å². The van der Waals surface area contributed by atoms with Gasteiger partial charge in [0.2, 0.25) is 5.91 Å². The summed E-state index contributed by atoms with van der Waals surface area (Å²) >= 11 is 3.44. The van der Waals surface area contributed by atoms with Gasteiger partial charge < -0.3 is 5.32 Å². The fourth-order valence-corrected chi connectivity index (χ4v) is 3.04. The lowest BCUT2D eigenvalue weighted by molar-refractivity contribution is -0.130. The first-order valence-corrected chi connectivity index (χ1v) is 7.83. The van der Waals surface area contributed by atoms with Gasteiger partial charge in [-0.25, -0.2) is 4.98 Å². The summed E-state index contributed by atoms with van der Waals surface area (Å²) in [6.45, 7) is 1.91. The number of hydrogen-bond donors (Lipinski definition) is 2. The number of amides is 1. The van der Waals surface area contributed by atoms with E-state index in [-0.39, 0.29) is 11.9 Å². The monoisotopic (exact) mass is 348 g/mol. The topological polar surface area (TPSA) is 70.7 Å². The van der Waals surface area contributed by atoms with E-state index in [0.29, 0.717) is 5.82 Å². The fraction of sp³-hybridized carbons (Fsp3) is 0.400. The Morgan fingerprint density at radius 1 is 1.38 bits per heavy atom. The normalized spacial score (nSPS) is 17.8. The van der Waals surface area contributed by atoms with Crippen molar-refractivity contribution < 1.29 is 4.79 Å². The van der Waals surface area contributed by atoms with Crippen LogP contribution in [0.1, 0.15) is 43.6 Å². The van der Waals surface area contributed by atoms with Gasteiger partial charge in [0.1, 0.15) is 12.2 Å². The molecule has 6 heteroatoms. The van der Waals surface area contributed by atoms with Crippen molar-refractivity contribution in [2.75, 3.05) is 0 Å². The van der Waals surface area contributed by atoms with Crippen molar-refractivity contribution in [1.82, 2.24) is 20.5 Å². The van der Waals surface area contributed by atoms with Crippen molar-refractivity contribution in [3.05, 3.63) is 46.5 Å². The first-order valence-electron chi connectivity index (χ1n) is 7.04. The summed E-state index contributed by atoms with van der Waals surface area (Å²) in [6.07, 6.45) is 4.32. The van der Waals surface area contributed by atoms with E-state index in [0.717, 1.165) is 29.3 Å². The summed E-state index contributed by atoms with van der Waals surface area (Å²) in [6, 6.07) is 7.86. The maximum Gasteiger partial charge on any atom is 0.231 e. The summed E-state index contributed by atoms with van der Waals surface area (Å²) in [7, 11) is 0. The van der Waals surface area contributed by atoms with Crippen LogP contribution >= 0.6 is 15.9 Å². The molecule has 5 nitrogen and oxygen atoms in total. The minimum atomic E-state index is -0.394. The van der Waals surface area contributed by atoms with E-state index in [1.165, 1.54) is 6.33 Å². The van der Waals surface area contributed by atoms with E-state index in [4.69, 9.17) is 0 Å². The molecule has 0 aliphatic heterocycles. The van der Waals surface area contributed by atoms with Gasteiger partial charge in [-0.05, 0) is 37.5 Å². The van der Waals surface area contributed by atoms with Gasteiger partial charge in [-0.3, -0.25) is 9.89 Å². The van der Waals surface area contributed by atoms with Crippen LogP contribution in [0, 0.1) is 0 Å². The number of nitrogens with zero attached hydrogens (tertiary/aromatic N) is 2. The molecule has 1 amide bonds. The highest BCUT2D eigenvalue weighted by Gasteiger charge is 2.45. The molecule has 1 aliphatic carbocycles. The fourth-order valence-electron chi connectivity index (χ4n) is 2.77. The zero-order valence-corrected chi connectivity index (χ0v) is 13.4. The highest BCUT2D eigenvalue weighted by molar-refractivity contribution is 9.10. The second-order valence-corrected chi connectivity index (χ2v) is 6.42. The Balaban J connectivity index is 1.79. The molecule has 1 atom stereocenters. The first kappa shape index (κ1) is 14.3. The van der Waals surface area contributed by atoms with Gasteiger partial charge in [-0.15, -0.1) is 0 Å². The number of hydrogen-bond acceptors (Lipinski definition) is 3. The Bertz CT molecular complexity index is 620. The first-order chi connectivity index (χ1) is 10.1. The number of nitrogens with one attached hydrogen (secondary N) is 2. The molecule has 1 aromatic carbocycles. The third-order valence-electron chi connectivity index (χ3n) is 4.23. The van der Waals surface area contributed by atoms with Gasteiger partial charge in [-0.2, -0.15) is 5.10 Å². The molecule has 1 heterocycles. The molecule has 1 unspecified atom stereocenters. The Morgan fingerprint density at radius 3 is 2.62 bits per heavy atom. The molecule has 0 spiro atoms. The van der Waals surface area contributed by atoms with Crippen LogP contribution in [0.4, 0.5) is 0 Å². The lowest BCUT2D eigenvalue weighted by atomic mass is 9.63. The number of rotatable bonds is 4. The second-order valence-electron chi connectivity index (χ2n) is 5.51. The molecule has 3 rings (SSSR count). The van der Waals surface area contributed by atoms with E-state index < -0.39 is 5.41 Å². The van der Waals surface area contributed by atoms with E-state index in [2.05, 4.69) is 36.4 Å². The van der Waals surface area contributed by atoms with Gasteiger partial charge in [0.25, 0.3) is 0 Å². The van der Waals surface area contributed by atoms with Crippen LogP contribution in [0.15, 0.2) is 35.1 Å². The average Bonchev–Trinajstić information content (AvgIpc) is 2.93. The number of aromatic amines is 1. The maximum atomic E-state index is 12.8. The summed E-state index contributed by atoms with van der Waals surface area (Å²) in [5.74, 6) is 0.744. The molecule has 1 aromatic heterocycles. The number of halogens is 1. The van der Waals surface area contributed by atoms with Crippen molar-refractivity contribution in [3.8, 4) is 0 Å². The van der Waals surface area contributed by atoms with Gasteiger partial charge in [-0.1, -0.05) is 34.5 Å². The van der Waals surface area contributed by atoms with Gasteiger partial charge >= 0.3 is 0 Å². The molecular weight excluding hydrogens is 332 g/mol. The predicted octanol–water partition coefficient (Wildman–Crippen LogP) is 2.87. The van der Waals surface area contributed by atoms with Crippen LogP contribution in [0.5, 0.6) is 0 Å². The number of H-pyrrole nitrogens is 1. The summed E-state index contributed by atoms with van der Waals surface area (Å²) in [4.78, 5) is 16.8. The number of carbonyl (C=O) groups excluding carboxylic acids is 1. The molecule has 21 heavy (non-hydrogen) atoms. The number of aromatic nitrogens is 3. The predicted molar refractivity (Wildman–Crippen MR) is 82.6 cm³/mol. The highest BCUT2D eigenvalue weighted by atomic mass is 79.9. The van der Waals surface area contributed by atoms with Crippen LogP contribution in [0.25, 0.3) is 0 Å². The minimum Gasteiger partial charge on any atom is -0.346 e. The standard InChI is InChI=1S/C15H17BrN4O/c1-10(13-17-9-18-20-13)19-14(21)15(7-2-8-15)11-3-5-12(16)6-4-11/h3-6,9-10H,2,7-8H2,1H3,(H,19,21)(H,17,18,20). The van der Waals surface area contributed by atoms with E-state index in [1.807, 2.05) is 31.2 Å². The third-order valence-corrected chi connectivity index (χ3v) is 4.76.